The Morgan fingerprint density at radius 1 is 1.38 bits per heavy atom. The molecule has 0 atom stereocenters. The fourth-order valence-corrected chi connectivity index (χ4v) is 0.707. The van der Waals surface area contributed by atoms with Gasteiger partial charge in [0.1, 0.15) is 0 Å². The maximum absolute atomic E-state index is 9.69. The molecule has 0 saturated heterocycles. The maximum Gasteiger partial charge on any atom is 0.235 e. The highest BCUT2D eigenvalue weighted by Crippen LogP contribution is 1.98. The van der Waals surface area contributed by atoms with Crippen molar-refractivity contribution in [2.75, 3.05) is 6.61 Å². The van der Waals surface area contributed by atoms with Gasteiger partial charge in [0.25, 0.3) is 0 Å². The van der Waals surface area contributed by atoms with Crippen molar-refractivity contribution in [3.05, 3.63) is 35.9 Å². The van der Waals surface area contributed by atoms with Crippen molar-refractivity contribution in [1.29, 1.82) is 0 Å². The van der Waals surface area contributed by atoms with Crippen molar-refractivity contribution in [3.8, 4) is 0 Å². The van der Waals surface area contributed by atoms with E-state index in [2.05, 4.69) is 4.99 Å². The van der Waals surface area contributed by atoms with Crippen molar-refractivity contribution in [2.45, 2.75) is 13.5 Å². The van der Waals surface area contributed by atoms with Crippen LogP contribution in [0.2, 0.25) is 0 Å². The number of isocyanates is 1. The zero-order valence-corrected chi connectivity index (χ0v) is 7.60. The number of nitrogens with zero attached hydrogens (tertiary/aromatic N) is 1. The zero-order valence-electron chi connectivity index (χ0n) is 7.60. The van der Waals surface area contributed by atoms with Crippen LogP contribution in [0.15, 0.2) is 35.3 Å². The number of hydrogen-bond donors (Lipinski definition) is 1. The predicted molar refractivity (Wildman–Crippen MR) is 51.0 cm³/mol. The van der Waals surface area contributed by atoms with Gasteiger partial charge in [-0.05, 0) is 12.5 Å². The molecule has 0 radical (unpaired) electrons. The Hall–Kier alpha value is -1.44. The Balaban J connectivity index is 0.000000424. The van der Waals surface area contributed by atoms with Gasteiger partial charge < -0.3 is 5.11 Å². The number of aliphatic imine (C=N–C) groups is 1. The predicted octanol–water partition coefficient (Wildman–Crippen LogP) is 1.52. The Morgan fingerprint density at radius 3 is 2.38 bits per heavy atom. The molecule has 1 aromatic carbocycles. The fourth-order valence-electron chi connectivity index (χ4n) is 0.707. The van der Waals surface area contributed by atoms with Crippen LogP contribution in [-0.4, -0.2) is 17.8 Å². The van der Waals surface area contributed by atoms with E-state index >= 15 is 0 Å². The van der Waals surface area contributed by atoms with E-state index in [9.17, 15) is 4.79 Å². The summed E-state index contributed by atoms with van der Waals surface area (Å²) in [6.45, 7) is 2.37. The molecular weight excluding hydrogens is 166 g/mol. The summed E-state index contributed by atoms with van der Waals surface area (Å²) in [5, 5.41) is 7.57. The lowest BCUT2D eigenvalue weighted by Crippen LogP contribution is -1.77. The SMILES string of the molecule is CCO.O=C=NCc1ccccc1. The second-order valence-corrected chi connectivity index (χ2v) is 2.21. The lowest BCUT2D eigenvalue weighted by molar-refractivity contribution is 0.318. The van der Waals surface area contributed by atoms with Gasteiger partial charge in [-0.2, -0.15) is 0 Å². The molecule has 0 aliphatic carbocycles. The van der Waals surface area contributed by atoms with Crippen LogP contribution in [0, 0.1) is 0 Å². The molecule has 0 unspecified atom stereocenters. The Bertz CT molecular complexity index is 253. The van der Waals surface area contributed by atoms with Gasteiger partial charge in [0, 0.05) is 6.61 Å². The van der Waals surface area contributed by atoms with Crippen LogP contribution >= 0.6 is 0 Å². The molecule has 1 aromatic rings. The van der Waals surface area contributed by atoms with Gasteiger partial charge >= 0.3 is 0 Å². The molecule has 1 rings (SSSR count). The van der Waals surface area contributed by atoms with Gasteiger partial charge in [0.2, 0.25) is 6.08 Å². The van der Waals surface area contributed by atoms with Gasteiger partial charge in [0.15, 0.2) is 0 Å². The van der Waals surface area contributed by atoms with Gasteiger partial charge in [-0.25, -0.2) is 9.79 Å². The minimum absolute atomic E-state index is 0.250. The molecule has 0 aliphatic heterocycles. The highest BCUT2D eigenvalue weighted by atomic mass is 16.2. The summed E-state index contributed by atoms with van der Waals surface area (Å²) in [4.78, 5) is 13.1. The first-order valence-electron chi connectivity index (χ1n) is 4.03. The molecule has 0 aromatic heterocycles. The van der Waals surface area contributed by atoms with Gasteiger partial charge in [-0.3, -0.25) is 0 Å². The molecule has 0 saturated carbocycles. The Morgan fingerprint density at radius 2 is 1.92 bits per heavy atom. The normalized spacial score (nSPS) is 7.85. The largest absolute Gasteiger partial charge is 0.397 e. The molecular formula is C10H13NO2. The van der Waals surface area contributed by atoms with Crippen molar-refractivity contribution in [2.24, 2.45) is 4.99 Å². The van der Waals surface area contributed by atoms with E-state index in [1.165, 1.54) is 6.08 Å². The first-order chi connectivity index (χ1) is 6.35. The molecule has 0 bridgehead atoms. The van der Waals surface area contributed by atoms with E-state index in [0.717, 1.165) is 5.56 Å². The first kappa shape index (κ1) is 11.6. The van der Waals surface area contributed by atoms with E-state index in [4.69, 9.17) is 5.11 Å². The maximum atomic E-state index is 9.69. The molecule has 0 fully saturated rings. The summed E-state index contributed by atoms with van der Waals surface area (Å²) in [7, 11) is 0. The van der Waals surface area contributed by atoms with Crippen LogP contribution in [0.1, 0.15) is 12.5 Å². The second-order valence-electron chi connectivity index (χ2n) is 2.21. The summed E-state index contributed by atoms with van der Waals surface area (Å²) in [5.41, 5.74) is 1.03. The molecule has 0 amide bonds. The van der Waals surface area contributed by atoms with Crippen molar-refractivity contribution in [3.63, 3.8) is 0 Å². The second kappa shape index (κ2) is 8.65. The molecule has 1 N–H and O–H groups in total. The third-order valence-electron chi connectivity index (χ3n) is 1.17. The van der Waals surface area contributed by atoms with Crippen LogP contribution in [0.5, 0.6) is 0 Å². The standard InChI is InChI=1S/C8H7NO.C2H6O/c10-7-9-6-8-4-2-1-3-5-8;1-2-3/h1-5H,6H2;3H,2H2,1H3. The summed E-state index contributed by atoms with van der Waals surface area (Å²) in [5.74, 6) is 0. The highest BCUT2D eigenvalue weighted by molar-refractivity contribution is 5.33. The third kappa shape index (κ3) is 6.94. The summed E-state index contributed by atoms with van der Waals surface area (Å²) in [6.07, 6.45) is 1.49. The van der Waals surface area contributed by atoms with Crippen LogP contribution < -0.4 is 0 Å². The minimum atomic E-state index is 0.250. The molecule has 3 nitrogen and oxygen atoms in total. The average Bonchev–Trinajstić information content (AvgIpc) is 2.18. The quantitative estimate of drug-likeness (QED) is 0.552. The van der Waals surface area contributed by atoms with E-state index < -0.39 is 0 Å². The Labute approximate surface area is 77.7 Å². The van der Waals surface area contributed by atoms with Crippen LogP contribution in [0.3, 0.4) is 0 Å². The zero-order chi connectivity index (χ0) is 9.94. The van der Waals surface area contributed by atoms with Crippen LogP contribution in [0.4, 0.5) is 0 Å². The minimum Gasteiger partial charge on any atom is -0.397 e. The lowest BCUT2D eigenvalue weighted by Gasteiger charge is -1.89. The van der Waals surface area contributed by atoms with Crippen molar-refractivity contribution in [1.82, 2.24) is 0 Å². The monoisotopic (exact) mass is 179 g/mol. The third-order valence-corrected chi connectivity index (χ3v) is 1.17. The molecule has 0 spiro atoms. The van der Waals surface area contributed by atoms with Gasteiger partial charge in [-0.1, -0.05) is 30.3 Å². The Kier molecular flexibility index (Phi) is 7.70. The smallest absolute Gasteiger partial charge is 0.235 e. The summed E-state index contributed by atoms with van der Waals surface area (Å²) >= 11 is 0. The molecule has 0 aliphatic rings. The average molecular weight is 179 g/mol. The molecule has 3 heteroatoms. The molecule has 0 heterocycles. The molecule has 13 heavy (non-hydrogen) atoms. The topological polar surface area (TPSA) is 49.7 Å². The van der Waals surface area contributed by atoms with Gasteiger partial charge in [-0.15, -0.1) is 0 Å². The van der Waals surface area contributed by atoms with Gasteiger partial charge in [0.05, 0.1) is 6.54 Å². The molecule has 70 valence electrons. The van der Waals surface area contributed by atoms with E-state index in [0.29, 0.717) is 6.54 Å². The lowest BCUT2D eigenvalue weighted by atomic mass is 10.2. The van der Waals surface area contributed by atoms with Crippen LogP contribution in [-0.2, 0) is 11.3 Å². The summed E-state index contributed by atoms with van der Waals surface area (Å²) < 4.78 is 0. The number of aliphatic hydroxyl groups is 1. The number of carbonyl (C=O) groups excluding carboxylic acids is 1. The highest BCUT2D eigenvalue weighted by Gasteiger charge is 1.84. The number of benzene rings is 1. The summed E-state index contributed by atoms with van der Waals surface area (Å²) in [6, 6.07) is 9.58. The van der Waals surface area contributed by atoms with Crippen molar-refractivity contribution >= 4 is 6.08 Å². The van der Waals surface area contributed by atoms with E-state index in [1.807, 2.05) is 30.3 Å². The number of aliphatic hydroxyl groups excluding tert-OH is 1. The van der Waals surface area contributed by atoms with E-state index in [-0.39, 0.29) is 6.61 Å². The number of hydrogen-bond acceptors (Lipinski definition) is 3. The fraction of sp³-hybridized carbons (Fsp3) is 0.300. The van der Waals surface area contributed by atoms with E-state index in [1.54, 1.807) is 6.92 Å². The van der Waals surface area contributed by atoms with Crippen molar-refractivity contribution < 1.29 is 9.90 Å². The van der Waals surface area contributed by atoms with Crippen LogP contribution in [0.25, 0.3) is 0 Å². The first-order valence-corrected chi connectivity index (χ1v) is 4.03. The number of rotatable bonds is 2.